The van der Waals surface area contributed by atoms with Gasteiger partial charge >= 0.3 is 0 Å². The molecular formula is C34H35NO4. The van der Waals surface area contributed by atoms with Gasteiger partial charge in [0.25, 0.3) is 0 Å². The van der Waals surface area contributed by atoms with Gasteiger partial charge < -0.3 is 24.3 Å². The largest absolute Gasteiger partial charge is 0.358 e. The molecule has 1 N–H and O–H groups in total. The molecule has 2 saturated heterocycles. The summed E-state index contributed by atoms with van der Waals surface area (Å²) in [5.41, 5.74) is 3.55. The van der Waals surface area contributed by atoms with Gasteiger partial charge in [-0.25, -0.2) is 0 Å². The fraction of sp³-hybridized carbons (Fsp3) is 0.294. The maximum atomic E-state index is 7.10. The lowest BCUT2D eigenvalue weighted by molar-refractivity contribution is -0.215. The minimum Gasteiger partial charge on any atom is -0.358 e. The van der Waals surface area contributed by atoms with E-state index in [0.717, 1.165) is 16.7 Å². The van der Waals surface area contributed by atoms with Crippen LogP contribution in [0.25, 0.3) is 0 Å². The van der Waals surface area contributed by atoms with Crippen LogP contribution < -0.4 is 5.32 Å². The van der Waals surface area contributed by atoms with Gasteiger partial charge in [0.2, 0.25) is 0 Å². The first-order valence-electron chi connectivity index (χ1n) is 13.6. The fourth-order valence-corrected chi connectivity index (χ4v) is 5.77. The topological polar surface area (TPSA) is 49.0 Å². The Labute approximate surface area is 230 Å². The number of ether oxygens (including phenoxy) is 4. The van der Waals surface area contributed by atoms with E-state index >= 15 is 0 Å². The summed E-state index contributed by atoms with van der Waals surface area (Å²) in [6.07, 6.45) is -0.978. The number of hydrogen-bond donors (Lipinski definition) is 1. The van der Waals surface area contributed by atoms with Gasteiger partial charge in [-0.2, -0.15) is 0 Å². The normalized spacial score (nSPS) is 23.9. The second-order valence-electron chi connectivity index (χ2n) is 10.6. The molecule has 6 rings (SSSR count). The van der Waals surface area contributed by atoms with E-state index in [1.807, 2.05) is 38.1 Å². The van der Waals surface area contributed by atoms with Crippen molar-refractivity contribution < 1.29 is 18.9 Å². The van der Waals surface area contributed by atoms with Gasteiger partial charge in [-0.05, 0) is 36.1 Å². The van der Waals surface area contributed by atoms with Crippen LogP contribution in [0.2, 0.25) is 0 Å². The third kappa shape index (κ3) is 5.29. The van der Waals surface area contributed by atoms with Gasteiger partial charge in [-0.3, -0.25) is 0 Å². The van der Waals surface area contributed by atoms with E-state index in [1.54, 1.807) is 0 Å². The summed E-state index contributed by atoms with van der Waals surface area (Å²) in [5, 5.41) is 3.70. The van der Waals surface area contributed by atoms with Crippen molar-refractivity contribution in [3.63, 3.8) is 0 Å². The van der Waals surface area contributed by atoms with E-state index < -0.39 is 17.7 Å². The monoisotopic (exact) mass is 521 g/mol. The van der Waals surface area contributed by atoms with Crippen LogP contribution in [0.3, 0.4) is 0 Å². The third-order valence-electron chi connectivity index (χ3n) is 7.54. The number of benzene rings is 4. The first kappa shape index (κ1) is 25.9. The van der Waals surface area contributed by atoms with Crippen molar-refractivity contribution in [2.45, 2.75) is 56.3 Å². The van der Waals surface area contributed by atoms with Crippen molar-refractivity contribution in [2.24, 2.45) is 0 Å². The molecule has 0 aromatic heterocycles. The Kier molecular flexibility index (Phi) is 7.34. The van der Waals surface area contributed by atoms with Crippen LogP contribution in [0.15, 0.2) is 121 Å². The first-order valence-corrected chi connectivity index (χ1v) is 13.6. The second kappa shape index (κ2) is 11.0. The Morgan fingerprint density at radius 1 is 0.692 bits per heavy atom. The quantitative estimate of drug-likeness (QED) is 0.273. The van der Waals surface area contributed by atoms with Crippen molar-refractivity contribution in [3.8, 4) is 0 Å². The fourth-order valence-electron chi connectivity index (χ4n) is 5.77. The summed E-state index contributed by atoms with van der Waals surface area (Å²) >= 11 is 0. The maximum absolute atomic E-state index is 7.10. The van der Waals surface area contributed by atoms with Gasteiger partial charge in [-0.15, -0.1) is 0 Å². The van der Waals surface area contributed by atoms with Crippen molar-refractivity contribution >= 4 is 0 Å². The van der Waals surface area contributed by atoms with Crippen molar-refractivity contribution in [1.82, 2.24) is 5.32 Å². The molecule has 0 spiro atoms. The lowest BCUT2D eigenvalue weighted by Crippen LogP contribution is -2.48. The molecule has 0 aliphatic carbocycles. The summed E-state index contributed by atoms with van der Waals surface area (Å²) in [5.74, 6) is -0.699. The number of fused-ring (bicyclic) bond motifs is 1. The number of rotatable bonds is 9. The molecular weight excluding hydrogens is 486 g/mol. The van der Waals surface area contributed by atoms with E-state index in [4.69, 9.17) is 18.9 Å². The van der Waals surface area contributed by atoms with Crippen LogP contribution in [0, 0.1) is 0 Å². The Hall–Kier alpha value is -3.32. The van der Waals surface area contributed by atoms with Crippen LogP contribution in [-0.2, 0) is 31.1 Å². The summed E-state index contributed by atoms with van der Waals surface area (Å²) in [6.45, 7) is 4.89. The van der Waals surface area contributed by atoms with Crippen LogP contribution in [0.5, 0.6) is 0 Å². The number of hydrogen-bond acceptors (Lipinski definition) is 5. The van der Waals surface area contributed by atoms with Gasteiger partial charge in [-0.1, -0.05) is 121 Å². The predicted molar refractivity (Wildman–Crippen MR) is 151 cm³/mol. The minimum atomic E-state index is -0.824. The molecule has 1 unspecified atom stereocenters. The Balaban J connectivity index is 1.34. The minimum absolute atomic E-state index is 0.114. The summed E-state index contributed by atoms with van der Waals surface area (Å²) in [6, 6.07) is 41.5. The van der Waals surface area contributed by atoms with E-state index in [1.165, 1.54) is 5.56 Å². The molecule has 200 valence electrons. The lowest BCUT2D eigenvalue weighted by atomic mass is 9.80. The van der Waals surface area contributed by atoms with Crippen LogP contribution in [0.4, 0.5) is 0 Å². The van der Waals surface area contributed by atoms with E-state index in [-0.39, 0.29) is 18.2 Å². The molecule has 5 heteroatoms. The Morgan fingerprint density at radius 3 is 1.69 bits per heavy atom. The zero-order chi connectivity index (χ0) is 26.7. The average Bonchev–Trinajstić information content (AvgIpc) is 3.45. The van der Waals surface area contributed by atoms with Gasteiger partial charge in [0.15, 0.2) is 12.1 Å². The summed E-state index contributed by atoms with van der Waals surface area (Å²) < 4.78 is 26.0. The molecule has 4 atom stereocenters. The highest BCUT2D eigenvalue weighted by molar-refractivity contribution is 5.47. The molecule has 4 aromatic carbocycles. The van der Waals surface area contributed by atoms with Crippen LogP contribution in [0.1, 0.15) is 36.1 Å². The zero-order valence-corrected chi connectivity index (χ0v) is 22.4. The van der Waals surface area contributed by atoms with Crippen LogP contribution in [-0.4, -0.2) is 36.9 Å². The smallest absolute Gasteiger partial charge is 0.189 e. The molecule has 5 nitrogen and oxygen atoms in total. The van der Waals surface area contributed by atoms with Crippen LogP contribution >= 0.6 is 0 Å². The predicted octanol–water partition coefficient (Wildman–Crippen LogP) is 6.03. The molecule has 4 aromatic rings. The molecule has 0 bridgehead atoms. The average molecular weight is 522 g/mol. The highest BCUT2D eigenvalue weighted by Crippen LogP contribution is 2.43. The molecule has 2 aliphatic heterocycles. The Morgan fingerprint density at radius 2 is 1.18 bits per heavy atom. The SMILES string of the molecule is CC1(C)OC2O[C@H](COC(c3ccccc3)(c3ccccc3)c3ccccc3)[C@@H](NCc3ccccc3)[C@H]2O1. The van der Waals surface area contributed by atoms with Gasteiger partial charge in [0, 0.05) is 6.54 Å². The van der Waals surface area contributed by atoms with Crippen molar-refractivity contribution in [1.29, 1.82) is 0 Å². The highest BCUT2D eigenvalue weighted by Gasteiger charge is 2.55. The van der Waals surface area contributed by atoms with E-state index in [9.17, 15) is 0 Å². The van der Waals surface area contributed by atoms with Gasteiger partial charge in [0.05, 0.1) is 12.6 Å². The molecule has 2 heterocycles. The van der Waals surface area contributed by atoms with E-state index in [2.05, 4.69) is 102 Å². The zero-order valence-electron chi connectivity index (χ0n) is 22.4. The van der Waals surface area contributed by atoms with Gasteiger partial charge in [0.1, 0.15) is 17.8 Å². The second-order valence-corrected chi connectivity index (χ2v) is 10.6. The summed E-state index contributed by atoms with van der Waals surface area (Å²) in [4.78, 5) is 0. The molecule has 0 saturated carbocycles. The molecule has 2 fully saturated rings. The van der Waals surface area contributed by atoms with Crippen molar-refractivity contribution in [3.05, 3.63) is 144 Å². The lowest BCUT2D eigenvalue weighted by Gasteiger charge is -2.37. The standard InChI is InChI=1S/C34H35NO4/c1-33(2)38-31-30(35-23-25-15-7-3-8-16-25)29(37-32(31)39-33)24-36-34(26-17-9-4-10-18-26,27-19-11-5-12-20-27)28-21-13-6-14-22-28/h3-22,29-32,35H,23-24H2,1-2H3/t29-,30-,31-,32?/m1/s1. The van der Waals surface area contributed by atoms with E-state index in [0.29, 0.717) is 13.2 Å². The van der Waals surface area contributed by atoms with Crippen molar-refractivity contribution in [2.75, 3.05) is 6.61 Å². The number of nitrogens with one attached hydrogen (secondary N) is 1. The molecule has 2 aliphatic rings. The highest BCUT2D eigenvalue weighted by atomic mass is 16.8. The molecule has 0 radical (unpaired) electrons. The Bertz CT molecular complexity index is 1230. The maximum Gasteiger partial charge on any atom is 0.189 e. The first-order chi connectivity index (χ1) is 19.1. The molecule has 0 amide bonds. The summed E-state index contributed by atoms with van der Waals surface area (Å²) in [7, 11) is 0. The third-order valence-corrected chi connectivity index (χ3v) is 7.54. The molecule has 39 heavy (non-hydrogen) atoms.